The number of likely N-dealkylation sites (N-methyl/N-ethyl adjacent to an activating group) is 1. The van der Waals surface area contributed by atoms with E-state index < -0.39 is 5.97 Å². The molecule has 0 aromatic heterocycles. The Bertz CT molecular complexity index is 531. The molecule has 0 radical (unpaired) electrons. The zero-order valence-corrected chi connectivity index (χ0v) is 11.7. The number of anilines is 1. The lowest BCUT2D eigenvalue weighted by atomic mass is 10.1. The third-order valence-electron chi connectivity index (χ3n) is 3.65. The lowest BCUT2D eigenvalue weighted by molar-refractivity contribution is -0.131. The molecule has 1 aliphatic rings. The molecule has 1 atom stereocenters. The summed E-state index contributed by atoms with van der Waals surface area (Å²) in [5.41, 5.74) is 1.36. The first kappa shape index (κ1) is 14.5. The summed E-state index contributed by atoms with van der Waals surface area (Å²) in [7, 11) is 2.08. The molecule has 1 heterocycles. The van der Waals surface area contributed by atoms with E-state index in [0.717, 1.165) is 31.4 Å². The van der Waals surface area contributed by atoms with Crippen molar-refractivity contribution >= 4 is 17.7 Å². The van der Waals surface area contributed by atoms with Crippen LogP contribution in [-0.4, -0.2) is 48.7 Å². The number of nitrogens with zero attached hydrogens (tertiary/aromatic N) is 2. The predicted molar refractivity (Wildman–Crippen MR) is 77.4 cm³/mol. The molecule has 2 rings (SSSR count). The van der Waals surface area contributed by atoms with Crippen LogP contribution in [-0.2, 0) is 4.79 Å². The molecule has 0 saturated carbocycles. The van der Waals surface area contributed by atoms with Gasteiger partial charge in [0.2, 0.25) is 0 Å². The molecule has 1 aromatic carbocycles. The van der Waals surface area contributed by atoms with Crippen LogP contribution < -0.4 is 4.90 Å². The molecule has 5 heteroatoms. The maximum Gasteiger partial charge on any atom is 0.328 e. The highest BCUT2D eigenvalue weighted by atomic mass is 19.1. The van der Waals surface area contributed by atoms with Crippen molar-refractivity contribution in [2.24, 2.45) is 0 Å². The fourth-order valence-electron chi connectivity index (χ4n) is 2.33. The van der Waals surface area contributed by atoms with Gasteiger partial charge in [0.05, 0.1) is 0 Å². The van der Waals surface area contributed by atoms with Gasteiger partial charge in [-0.1, -0.05) is 0 Å². The van der Waals surface area contributed by atoms with Crippen LogP contribution in [0, 0.1) is 5.82 Å². The quantitative estimate of drug-likeness (QED) is 0.860. The molecular weight excluding hydrogens is 259 g/mol. The standard InChI is InChI=1S/C15H19FN2O2/c1-11-10-18(6-5-17(11)2)14-8-12(3-4-15(19)20)7-13(16)9-14/h3-4,7-9,11H,5-6,10H2,1-2H3,(H,19,20)/b4-3+. The SMILES string of the molecule is CC1CN(c2cc(F)cc(/C=C/C(=O)O)c2)CCN1C. The number of carbonyl (C=O) groups is 1. The minimum absolute atomic E-state index is 0.348. The van der Waals surface area contributed by atoms with Gasteiger partial charge < -0.3 is 14.9 Å². The van der Waals surface area contributed by atoms with Crippen molar-refractivity contribution in [1.82, 2.24) is 4.90 Å². The molecule has 20 heavy (non-hydrogen) atoms. The van der Waals surface area contributed by atoms with E-state index in [9.17, 15) is 9.18 Å². The maximum absolute atomic E-state index is 13.7. The van der Waals surface area contributed by atoms with Gasteiger partial charge in [0.15, 0.2) is 0 Å². The maximum atomic E-state index is 13.7. The number of carboxylic acids is 1. The van der Waals surface area contributed by atoms with Gasteiger partial charge in [-0.15, -0.1) is 0 Å². The van der Waals surface area contributed by atoms with Crippen molar-refractivity contribution in [1.29, 1.82) is 0 Å². The second kappa shape index (κ2) is 6.05. The van der Waals surface area contributed by atoms with Crippen molar-refractivity contribution in [2.45, 2.75) is 13.0 Å². The van der Waals surface area contributed by atoms with Gasteiger partial charge in [-0.25, -0.2) is 9.18 Å². The van der Waals surface area contributed by atoms with Crippen LogP contribution in [0.2, 0.25) is 0 Å². The third kappa shape index (κ3) is 3.57. The van der Waals surface area contributed by atoms with Crippen molar-refractivity contribution < 1.29 is 14.3 Å². The van der Waals surface area contributed by atoms with Crippen molar-refractivity contribution in [3.8, 4) is 0 Å². The number of rotatable bonds is 3. The van der Waals surface area contributed by atoms with Gasteiger partial charge in [0.25, 0.3) is 0 Å². The molecule has 108 valence electrons. The van der Waals surface area contributed by atoms with Crippen LogP contribution >= 0.6 is 0 Å². The minimum atomic E-state index is -1.04. The molecule has 0 bridgehead atoms. The molecule has 0 amide bonds. The van der Waals surface area contributed by atoms with Crippen LogP contribution in [0.1, 0.15) is 12.5 Å². The van der Waals surface area contributed by atoms with Crippen molar-refractivity contribution in [3.63, 3.8) is 0 Å². The number of carboxylic acid groups (broad SMARTS) is 1. The molecule has 0 aliphatic carbocycles. The molecule has 1 aliphatic heterocycles. The summed E-state index contributed by atoms with van der Waals surface area (Å²) in [5, 5.41) is 8.63. The summed E-state index contributed by atoms with van der Waals surface area (Å²) >= 11 is 0. The minimum Gasteiger partial charge on any atom is -0.478 e. The zero-order chi connectivity index (χ0) is 14.7. The van der Waals surface area contributed by atoms with E-state index in [4.69, 9.17) is 5.11 Å². The summed E-state index contributed by atoms with van der Waals surface area (Å²) in [4.78, 5) is 14.9. The number of hydrogen-bond donors (Lipinski definition) is 1. The summed E-state index contributed by atoms with van der Waals surface area (Å²) < 4.78 is 13.7. The van der Waals surface area contributed by atoms with Gasteiger partial charge >= 0.3 is 5.97 Å². The number of halogens is 1. The van der Waals surface area contributed by atoms with E-state index >= 15 is 0 Å². The topological polar surface area (TPSA) is 43.8 Å². The first-order chi connectivity index (χ1) is 9.45. The van der Waals surface area contributed by atoms with Crippen molar-refractivity contribution in [2.75, 3.05) is 31.6 Å². The Morgan fingerprint density at radius 3 is 2.80 bits per heavy atom. The van der Waals surface area contributed by atoms with Gasteiger partial charge in [0.1, 0.15) is 5.82 Å². The van der Waals surface area contributed by atoms with Crippen LogP contribution in [0.5, 0.6) is 0 Å². The van der Waals surface area contributed by atoms with Crippen LogP contribution in [0.3, 0.4) is 0 Å². The molecular formula is C15H19FN2O2. The fourth-order valence-corrected chi connectivity index (χ4v) is 2.33. The molecule has 1 fully saturated rings. The van der Waals surface area contributed by atoms with Gasteiger partial charge in [-0.3, -0.25) is 0 Å². The summed E-state index contributed by atoms with van der Waals surface area (Å²) in [5.74, 6) is -1.39. The smallest absolute Gasteiger partial charge is 0.328 e. The highest BCUT2D eigenvalue weighted by Crippen LogP contribution is 2.22. The van der Waals surface area contributed by atoms with Crippen LogP contribution in [0.25, 0.3) is 6.08 Å². The van der Waals surface area contributed by atoms with Crippen LogP contribution in [0.15, 0.2) is 24.3 Å². The Morgan fingerprint density at radius 1 is 1.40 bits per heavy atom. The van der Waals surface area contributed by atoms with E-state index in [1.807, 2.05) is 6.07 Å². The normalized spacial score (nSPS) is 20.6. The van der Waals surface area contributed by atoms with Crippen LogP contribution in [0.4, 0.5) is 10.1 Å². The fraction of sp³-hybridized carbons (Fsp3) is 0.400. The second-order valence-electron chi connectivity index (χ2n) is 5.19. The van der Waals surface area contributed by atoms with Crippen molar-refractivity contribution in [3.05, 3.63) is 35.7 Å². The average Bonchev–Trinajstić information content (AvgIpc) is 2.39. The predicted octanol–water partition coefficient (Wildman–Crippen LogP) is 2.06. The Morgan fingerprint density at radius 2 is 2.15 bits per heavy atom. The molecule has 1 N–H and O–H groups in total. The highest BCUT2D eigenvalue weighted by molar-refractivity contribution is 5.85. The second-order valence-corrected chi connectivity index (χ2v) is 5.19. The Balaban J connectivity index is 2.21. The molecule has 0 spiro atoms. The van der Waals surface area contributed by atoms with E-state index in [1.165, 1.54) is 18.2 Å². The summed E-state index contributed by atoms with van der Waals surface area (Å²) in [6, 6.07) is 5.06. The largest absolute Gasteiger partial charge is 0.478 e. The van der Waals surface area contributed by atoms with Gasteiger partial charge in [-0.05, 0) is 43.8 Å². The Labute approximate surface area is 118 Å². The summed E-state index contributed by atoms with van der Waals surface area (Å²) in [6.45, 7) is 4.74. The Kier molecular flexibility index (Phi) is 4.39. The average molecular weight is 278 g/mol. The monoisotopic (exact) mass is 278 g/mol. The molecule has 1 aromatic rings. The van der Waals surface area contributed by atoms with E-state index in [-0.39, 0.29) is 5.82 Å². The Hall–Kier alpha value is -1.88. The third-order valence-corrected chi connectivity index (χ3v) is 3.65. The zero-order valence-electron chi connectivity index (χ0n) is 11.7. The lowest BCUT2D eigenvalue weighted by Gasteiger charge is -2.39. The van der Waals surface area contributed by atoms with E-state index in [1.54, 1.807) is 0 Å². The molecule has 1 saturated heterocycles. The number of benzene rings is 1. The van der Waals surface area contributed by atoms with E-state index in [0.29, 0.717) is 11.6 Å². The number of aliphatic carboxylic acids is 1. The molecule has 4 nitrogen and oxygen atoms in total. The lowest BCUT2D eigenvalue weighted by Crippen LogP contribution is -2.50. The number of hydrogen-bond acceptors (Lipinski definition) is 3. The van der Waals surface area contributed by atoms with Gasteiger partial charge in [0, 0.05) is 37.4 Å². The first-order valence-electron chi connectivity index (χ1n) is 6.62. The number of piperazine rings is 1. The highest BCUT2D eigenvalue weighted by Gasteiger charge is 2.21. The first-order valence-corrected chi connectivity index (χ1v) is 6.62. The molecule has 1 unspecified atom stereocenters. The van der Waals surface area contributed by atoms with Gasteiger partial charge in [-0.2, -0.15) is 0 Å². The summed E-state index contributed by atoms with van der Waals surface area (Å²) in [6.07, 6.45) is 2.43. The van der Waals surface area contributed by atoms with E-state index in [2.05, 4.69) is 23.8 Å².